The number of allylic oxidation sites excluding steroid dienone is 1. The molecule has 0 N–H and O–H groups in total. The summed E-state index contributed by atoms with van der Waals surface area (Å²) in [6.45, 7) is 3.99. The van der Waals surface area contributed by atoms with Gasteiger partial charge in [-0.05, 0) is 50.4 Å². The summed E-state index contributed by atoms with van der Waals surface area (Å²) < 4.78 is 2.65. The SMILES string of the molecule is CS/C(SCC(=O)c1ccc(Cl)cc1)=C(\C#N)[n+]1cc(C)cc(C)c1. The van der Waals surface area contributed by atoms with Crippen LogP contribution in [0.4, 0.5) is 0 Å². The fraction of sp³-hybridized carbons (Fsp3) is 0.211. The first-order chi connectivity index (χ1) is 11.9. The summed E-state index contributed by atoms with van der Waals surface area (Å²) in [4.78, 5) is 12.3. The number of pyridine rings is 1. The van der Waals surface area contributed by atoms with Gasteiger partial charge in [-0.25, -0.2) is 0 Å². The van der Waals surface area contributed by atoms with Gasteiger partial charge in [-0.3, -0.25) is 4.79 Å². The number of thioether (sulfide) groups is 2. The van der Waals surface area contributed by atoms with E-state index in [9.17, 15) is 10.1 Å². The summed E-state index contributed by atoms with van der Waals surface area (Å²) in [6.07, 6.45) is 5.75. The molecule has 0 saturated carbocycles. The van der Waals surface area contributed by atoms with E-state index in [0.29, 0.717) is 16.3 Å². The molecule has 0 unspecified atom stereocenters. The third kappa shape index (κ3) is 5.37. The Kier molecular flexibility index (Phi) is 7.12. The van der Waals surface area contributed by atoms with E-state index >= 15 is 0 Å². The number of aryl methyl sites for hydroxylation is 2. The Hall–Kier alpha value is -1.74. The van der Waals surface area contributed by atoms with Gasteiger partial charge in [0.15, 0.2) is 24.2 Å². The zero-order valence-corrected chi connectivity index (χ0v) is 16.6. The fourth-order valence-corrected chi connectivity index (χ4v) is 4.16. The van der Waals surface area contributed by atoms with Gasteiger partial charge in [-0.2, -0.15) is 9.83 Å². The van der Waals surface area contributed by atoms with Crippen molar-refractivity contribution in [3.8, 4) is 6.07 Å². The topological polar surface area (TPSA) is 44.7 Å². The van der Waals surface area contributed by atoms with Gasteiger partial charge in [0.1, 0.15) is 4.24 Å². The Labute approximate surface area is 161 Å². The van der Waals surface area contributed by atoms with Crippen molar-refractivity contribution in [3.63, 3.8) is 0 Å². The highest BCUT2D eigenvalue weighted by Gasteiger charge is 2.19. The molecule has 128 valence electrons. The van der Waals surface area contributed by atoms with E-state index in [4.69, 9.17) is 11.6 Å². The van der Waals surface area contributed by atoms with Crippen LogP contribution in [0.1, 0.15) is 21.5 Å². The summed E-state index contributed by atoms with van der Waals surface area (Å²) in [5.74, 6) is 0.282. The van der Waals surface area contributed by atoms with Crippen LogP contribution in [-0.2, 0) is 0 Å². The zero-order chi connectivity index (χ0) is 18.4. The molecular weight excluding hydrogens is 372 g/mol. The van der Waals surface area contributed by atoms with Crippen LogP contribution in [-0.4, -0.2) is 17.8 Å². The Bertz CT molecular complexity index is 834. The Morgan fingerprint density at radius 2 is 1.80 bits per heavy atom. The summed E-state index contributed by atoms with van der Waals surface area (Å²) >= 11 is 8.71. The largest absolute Gasteiger partial charge is 0.308 e. The quantitative estimate of drug-likeness (QED) is 0.401. The van der Waals surface area contributed by atoms with Crippen molar-refractivity contribution in [1.29, 1.82) is 5.26 Å². The smallest absolute Gasteiger partial charge is 0.293 e. The molecule has 0 aliphatic rings. The highest BCUT2D eigenvalue weighted by Crippen LogP contribution is 2.30. The lowest BCUT2D eigenvalue weighted by atomic mass is 10.1. The third-order valence-electron chi connectivity index (χ3n) is 3.38. The van der Waals surface area contributed by atoms with E-state index in [1.807, 2.05) is 37.1 Å². The molecule has 0 fully saturated rings. The summed E-state index contributed by atoms with van der Waals surface area (Å²) in [5.41, 5.74) is 3.31. The van der Waals surface area contributed by atoms with Gasteiger partial charge in [0.05, 0.1) is 5.75 Å². The number of hydrogen-bond donors (Lipinski definition) is 0. The minimum Gasteiger partial charge on any atom is -0.293 e. The molecular formula is C19H18ClN2OS2+. The normalized spacial score (nSPS) is 11.6. The maximum absolute atomic E-state index is 12.3. The number of nitrogens with zero attached hydrogens (tertiary/aromatic N) is 2. The molecule has 0 aliphatic heterocycles. The predicted molar refractivity (Wildman–Crippen MR) is 107 cm³/mol. The van der Waals surface area contributed by atoms with Crippen molar-refractivity contribution in [1.82, 2.24) is 0 Å². The van der Waals surface area contributed by atoms with Crippen molar-refractivity contribution >= 4 is 46.6 Å². The highest BCUT2D eigenvalue weighted by atomic mass is 35.5. The molecule has 1 aromatic heterocycles. The molecule has 0 bridgehead atoms. The molecule has 1 heterocycles. The number of aromatic nitrogens is 1. The molecule has 0 amide bonds. The van der Waals surface area contributed by atoms with Crippen LogP contribution in [0.5, 0.6) is 0 Å². The lowest BCUT2D eigenvalue weighted by Gasteiger charge is -2.05. The Morgan fingerprint density at radius 3 is 2.32 bits per heavy atom. The van der Waals surface area contributed by atoms with Crippen molar-refractivity contribution in [2.45, 2.75) is 13.8 Å². The van der Waals surface area contributed by atoms with Crippen LogP contribution >= 0.6 is 35.1 Å². The maximum Gasteiger partial charge on any atom is 0.308 e. The maximum atomic E-state index is 12.3. The molecule has 3 nitrogen and oxygen atoms in total. The molecule has 0 spiro atoms. The second kappa shape index (κ2) is 9.10. The van der Waals surface area contributed by atoms with Crippen molar-refractivity contribution in [2.75, 3.05) is 12.0 Å². The fourth-order valence-electron chi connectivity index (χ4n) is 2.32. The first-order valence-electron chi connectivity index (χ1n) is 7.54. The van der Waals surface area contributed by atoms with Gasteiger partial charge in [-0.15, -0.1) is 23.5 Å². The molecule has 0 saturated heterocycles. The molecule has 6 heteroatoms. The Morgan fingerprint density at radius 1 is 1.20 bits per heavy atom. The number of carbonyl (C=O) groups is 1. The molecule has 0 aliphatic carbocycles. The number of halogens is 1. The van der Waals surface area contributed by atoms with Gasteiger partial charge in [0.2, 0.25) is 0 Å². The number of Topliss-reactive ketones (excluding diaryl/α,β-unsaturated/α-hetero) is 1. The molecule has 2 rings (SSSR count). The predicted octanol–water partition coefficient (Wildman–Crippen LogP) is 4.87. The van der Waals surface area contributed by atoms with Crippen molar-refractivity contribution in [3.05, 3.63) is 68.7 Å². The number of rotatable bonds is 6. The molecule has 2 aromatic rings. The van der Waals surface area contributed by atoms with Gasteiger partial charge >= 0.3 is 5.70 Å². The van der Waals surface area contributed by atoms with Crippen LogP contribution in [0, 0.1) is 25.2 Å². The molecule has 0 atom stereocenters. The Balaban J connectivity index is 2.24. The summed E-state index contributed by atoms with van der Waals surface area (Å²) in [7, 11) is 0. The minimum atomic E-state index is 0.0101. The monoisotopic (exact) mass is 389 g/mol. The first kappa shape index (κ1) is 19.6. The van der Waals surface area contributed by atoms with Crippen LogP contribution in [0.3, 0.4) is 0 Å². The molecule has 25 heavy (non-hydrogen) atoms. The van der Waals surface area contributed by atoms with Crippen molar-refractivity contribution < 1.29 is 9.36 Å². The van der Waals surface area contributed by atoms with Crippen LogP contribution < -0.4 is 4.57 Å². The molecule has 0 radical (unpaired) electrons. The van der Waals surface area contributed by atoms with Gasteiger partial charge in [-0.1, -0.05) is 11.6 Å². The number of carbonyl (C=O) groups excluding carboxylic acids is 1. The average Bonchev–Trinajstić information content (AvgIpc) is 2.58. The third-order valence-corrected chi connectivity index (χ3v) is 5.92. The van der Waals surface area contributed by atoms with E-state index in [2.05, 4.69) is 12.1 Å². The first-order valence-corrected chi connectivity index (χ1v) is 10.1. The van der Waals surface area contributed by atoms with Crippen LogP contribution in [0.2, 0.25) is 5.02 Å². The number of ketones is 1. The highest BCUT2D eigenvalue weighted by molar-refractivity contribution is 8.22. The standard InChI is InChI=1S/C19H18ClN2OS2/c1-13-8-14(2)11-22(10-13)17(9-21)19(24-3)25-12-18(23)15-4-6-16(20)7-5-15/h4-8,10-11H,12H2,1-3H3/q+1/b19-17-. The van der Waals surface area contributed by atoms with Gasteiger partial charge in [0, 0.05) is 21.7 Å². The van der Waals surface area contributed by atoms with Crippen molar-refractivity contribution in [2.24, 2.45) is 0 Å². The lowest BCUT2D eigenvalue weighted by molar-refractivity contribution is -0.578. The van der Waals surface area contributed by atoms with Gasteiger partial charge in [0.25, 0.3) is 0 Å². The van der Waals surface area contributed by atoms with E-state index in [0.717, 1.165) is 15.4 Å². The second-order valence-electron chi connectivity index (χ2n) is 5.47. The minimum absolute atomic E-state index is 0.0101. The van der Waals surface area contributed by atoms with E-state index in [1.54, 1.807) is 24.3 Å². The van der Waals surface area contributed by atoms with Crippen LogP contribution in [0.25, 0.3) is 5.70 Å². The number of hydrogen-bond acceptors (Lipinski definition) is 4. The van der Waals surface area contributed by atoms with Gasteiger partial charge < -0.3 is 0 Å². The second-order valence-corrected chi connectivity index (χ2v) is 7.97. The van der Waals surface area contributed by atoms with E-state index < -0.39 is 0 Å². The lowest BCUT2D eigenvalue weighted by Crippen LogP contribution is -2.32. The number of benzene rings is 1. The summed E-state index contributed by atoms with van der Waals surface area (Å²) in [6, 6.07) is 11.2. The van der Waals surface area contributed by atoms with Crippen LogP contribution in [0.15, 0.2) is 47.0 Å². The number of nitriles is 1. The van der Waals surface area contributed by atoms with E-state index in [1.165, 1.54) is 23.5 Å². The zero-order valence-electron chi connectivity index (χ0n) is 14.2. The molecule has 1 aromatic carbocycles. The average molecular weight is 390 g/mol. The summed E-state index contributed by atoms with van der Waals surface area (Å²) in [5, 5.41) is 10.2. The van der Waals surface area contributed by atoms with E-state index in [-0.39, 0.29) is 11.5 Å².